The lowest BCUT2D eigenvalue weighted by molar-refractivity contribution is -0.139. The van der Waals surface area contributed by atoms with Crippen LogP contribution in [0.1, 0.15) is 22.0 Å². The second-order valence-corrected chi connectivity index (χ2v) is 4.39. The summed E-state index contributed by atoms with van der Waals surface area (Å²) in [5, 5.41) is 34.1. The number of carbonyl (C=O) groups is 2. The van der Waals surface area contributed by atoms with Gasteiger partial charge in [0.15, 0.2) is 6.04 Å². The quantitative estimate of drug-likeness (QED) is 0.645. The molecule has 0 bridgehead atoms. The summed E-state index contributed by atoms with van der Waals surface area (Å²) in [7, 11) is 1.62. The van der Waals surface area contributed by atoms with Crippen LogP contribution in [-0.2, 0) is 11.8 Å². The van der Waals surface area contributed by atoms with Crippen molar-refractivity contribution in [3.8, 4) is 11.5 Å². The van der Waals surface area contributed by atoms with Gasteiger partial charge in [0.1, 0.15) is 11.5 Å². The van der Waals surface area contributed by atoms with Crippen LogP contribution in [0.4, 0.5) is 0 Å². The number of benzene rings is 1. The first-order valence-electron chi connectivity index (χ1n) is 5.92. The molecule has 8 nitrogen and oxygen atoms in total. The van der Waals surface area contributed by atoms with Crippen molar-refractivity contribution in [2.45, 2.75) is 6.04 Å². The molecule has 0 saturated heterocycles. The summed E-state index contributed by atoms with van der Waals surface area (Å²) in [6.07, 6.45) is 2.80. The number of hydrogen-bond acceptors (Lipinski definition) is 5. The highest BCUT2D eigenvalue weighted by atomic mass is 16.4. The van der Waals surface area contributed by atoms with Crippen LogP contribution >= 0.6 is 0 Å². The zero-order valence-electron chi connectivity index (χ0n) is 11.0. The lowest BCUT2D eigenvalue weighted by atomic mass is 10.1. The first kappa shape index (κ1) is 14.4. The topological polar surface area (TPSA) is 125 Å². The summed E-state index contributed by atoms with van der Waals surface area (Å²) < 4.78 is 1.41. The van der Waals surface area contributed by atoms with E-state index in [9.17, 15) is 24.9 Å². The van der Waals surface area contributed by atoms with Crippen molar-refractivity contribution < 1.29 is 24.9 Å². The van der Waals surface area contributed by atoms with E-state index in [-0.39, 0.29) is 11.3 Å². The number of carboxylic acid groups (broad SMARTS) is 1. The number of nitrogens with one attached hydrogen (secondary N) is 1. The van der Waals surface area contributed by atoms with Gasteiger partial charge in [0.05, 0.1) is 11.8 Å². The Bertz CT molecular complexity index is 695. The first-order chi connectivity index (χ1) is 9.88. The normalized spacial score (nSPS) is 11.9. The van der Waals surface area contributed by atoms with E-state index in [1.54, 1.807) is 7.05 Å². The lowest BCUT2D eigenvalue weighted by Crippen LogP contribution is -2.33. The molecule has 2 aromatic rings. The maximum atomic E-state index is 12.0. The monoisotopic (exact) mass is 291 g/mol. The zero-order valence-corrected chi connectivity index (χ0v) is 11.0. The number of amides is 1. The molecule has 1 heterocycles. The van der Waals surface area contributed by atoms with Crippen molar-refractivity contribution in [2.75, 3.05) is 0 Å². The fourth-order valence-corrected chi connectivity index (χ4v) is 1.80. The summed E-state index contributed by atoms with van der Waals surface area (Å²) in [5.74, 6) is -2.67. The highest BCUT2D eigenvalue weighted by Gasteiger charge is 2.25. The minimum atomic E-state index is -1.29. The third-order valence-corrected chi connectivity index (χ3v) is 2.81. The largest absolute Gasteiger partial charge is 0.508 e. The van der Waals surface area contributed by atoms with Gasteiger partial charge in [0, 0.05) is 24.9 Å². The number of hydrogen-bond donors (Lipinski definition) is 4. The summed E-state index contributed by atoms with van der Waals surface area (Å²) in [6, 6.07) is 2.12. The molecule has 1 amide bonds. The number of aromatic nitrogens is 2. The molecular weight excluding hydrogens is 278 g/mol. The summed E-state index contributed by atoms with van der Waals surface area (Å²) in [6.45, 7) is 0. The van der Waals surface area contributed by atoms with Gasteiger partial charge in [0.2, 0.25) is 0 Å². The van der Waals surface area contributed by atoms with Crippen LogP contribution in [0.15, 0.2) is 30.6 Å². The van der Waals surface area contributed by atoms with Crippen LogP contribution in [0.3, 0.4) is 0 Å². The molecule has 0 aliphatic heterocycles. The predicted molar refractivity (Wildman–Crippen MR) is 70.8 cm³/mol. The van der Waals surface area contributed by atoms with E-state index in [2.05, 4.69) is 10.4 Å². The average Bonchev–Trinajstić information content (AvgIpc) is 2.81. The van der Waals surface area contributed by atoms with E-state index >= 15 is 0 Å². The number of aliphatic carboxylic acids is 1. The number of nitrogens with zero attached hydrogens (tertiary/aromatic N) is 2. The number of carbonyl (C=O) groups excluding carboxylic acids is 1. The van der Waals surface area contributed by atoms with Crippen molar-refractivity contribution >= 4 is 11.9 Å². The number of rotatable bonds is 4. The van der Waals surface area contributed by atoms with Crippen LogP contribution < -0.4 is 5.32 Å². The molecule has 1 atom stereocenters. The Balaban J connectivity index is 2.25. The van der Waals surface area contributed by atoms with E-state index in [4.69, 9.17) is 0 Å². The summed E-state index contributed by atoms with van der Waals surface area (Å²) in [5.41, 5.74) is 0.166. The molecule has 0 aliphatic rings. The van der Waals surface area contributed by atoms with Gasteiger partial charge in [-0.2, -0.15) is 5.10 Å². The minimum Gasteiger partial charge on any atom is -0.508 e. The molecule has 2 rings (SSSR count). The Hall–Kier alpha value is -3.03. The van der Waals surface area contributed by atoms with Crippen molar-refractivity contribution in [1.29, 1.82) is 0 Å². The Kier molecular flexibility index (Phi) is 3.79. The molecule has 0 fully saturated rings. The molecular formula is C13H13N3O5. The molecule has 0 aliphatic carbocycles. The number of carboxylic acids is 1. The third kappa shape index (κ3) is 3.11. The summed E-state index contributed by atoms with van der Waals surface area (Å²) >= 11 is 0. The van der Waals surface area contributed by atoms with Crippen molar-refractivity contribution in [3.05, 3.63) is 41.7 Å². The smallest absolute Gasteiger partial charge is 0.331 e. The van der Waals surface area contributed by atoms with Gasteiger partial charge in [-0.15, -0.1) is 0 Å². The van der Waals surface area contributed by atoms with E-state index < -0.39 is 23.7 Å². The maximum Gasteiger partial charge on any atom is 0.331 e. The van der Waals surface area contributed by atoms with E-state index in [0.29, 0.717) is 5.56 Å². The lowest BCUT2D eigenvalue weighted by Gasteiger charge is -2.13. The highest BCUT2D eigenvalue weighted by Crippen LogP contribution is 2.23. The van der Waals surface area contributed by atoms with Crippen LogP contribution in [0.2, 0.25) is 0 Å². The van der Waals surface area contributed by atoms with Gasteiger partial charge in [-0.1, -0.05) is 0 Å². The van der Waals surface area contributed by atoms with E-state index in [0.717, 1.165) is 6.07 Å². The fourth-order valence-electron chi connectivity index (χ4n) is 1.80. The predicted octanol–water partition coefficient (Wildman–Crippen LogP) is 0.387. The van der Waals surface area contributed by atoms with Crippen LogP contribution in [0, 0.1) is 0 Å². The second-order valence-electron chi connectivity index (χ2n) is 4.39. The average molecular weight is 291 g/mol. The minimum absolute atomic E-state index is 0.136. The maximum absolute atomic E-state index is 12.0. The molecule has 1 unspecified atom stereocenters. The van der Waals surface area contributed by atoms with E-state index in [1.807, 2.05) is 0 Å². The van der Waals surface area contributed by atoms with Gasteiger partial charge < -0.3 is 20.6 Å². The number of phenolic OH excluding ortho intramolecular Hbond substituents is 2. The Morgan fingerprint density at radius 1 is 1.33 bits per heavy atom. The molecule has 0 saturated carbocycles. The van der Waals surface area contributed by atoms with Crippen LogP contribution in [0.25, 0.3) is 0 Å². The van der Waals surface area contributed by atoms with Crippen molar-refractivity contribution in [1.82, 2.24) is 15.1 Å². The van der Waals surface area contributed by atoms with Crippen LogP contribution in [0.5, 0.6) is 11.5 Å². The van der Waals surface area contributed by atoms with Gasteiger partial charge in [0.25, 0.3) is 5.91 Å². The highest BCUT2D eigenvalue weighted by molar-refractivity contribution is 5.99. The van der Waals surface area contributed by atoms with Gasteiger partial charge in [-0.3, -0.25) is 9.48 Å². The number of aryl methyl sites for hydroxylation is 1. The van der Waals surface area contributed by atoms with Gasteiger partial charge in [-0.25, -0.2) is 4.79 Å². The number of phenols is 2. The molecule has 8 heteroatoms. The Labute approximate surface area is 119 Å². The standard InChI is InChI=1S/C13H13N3O5/c1-16-6-7(5-14-16)11(13(20)21)15-12(19)9-3-2-8(17)4-10(9)18/h2-6,11,17-18H,1H3,(H,15,19)(H,20,21). The molecule has 4 N–H and O–H groups in total. The fraction of sp³-hybridized carbons (Fsp3) is 0.154. The van der Waals surface area contributed by atoms with Gasteiger partial charge >= 0.3 is 5.97 Å². The van der Waals surface area contributed by atoms with Crippen molar-refractivity contribution in [2.24, 2.45) is 7.05 Å². The molecule has 0 spiro atoms. The second kappa shape index (κ2) is 5.53. The van der Waals surface area contributed by atoms with Crippen molar-refractivity contribution in [3.63, 3.8) is 0 Å². The molecule has 110 valence electrons. The summed E-state index contributed by atoms with van der Waals surface area (Å²) in [4.78, 5) is 23.3. The van der Waals surface area contributed by atoms with Gasteiger partial charge in [-0.05, 0) is 12.1 Å². The zero-order chi connectivity index (χ0) is 15.6. The van der Waals surface area contributed by atoms with Crippen LogP contribution in [-0.4, -0.2) is 37.0 Å². The third-order valence-electron chi connectivity index (χ3n) is 2.81. The molecule has 21 heavy (non-hydrogen) atoms. The van der Waals surface area contributed by atoms with E-state index in [1.165, 1.54) is 29.2 Å². The molecule has 1 aromatic heterocycles. The SMILES string of the molecule is Cn1cc(C(NC(=O)c2ccc(O)cc2O)C(=O)O)cn1. The Morgan fingerprint density at radius 3 is 2.57 bits per heavy atom. The number of aromatic hydroxyl groups is 2. The first-order valence-corrected chi connectivity index (χ1v) is 5.92. The molecule has 1 aromatic carbocycles. The Morgan fingerprint density at radius 2 is 2.05 bits per heavy atom. The molecule has 0 radical (unpaired) electrons.